The number of ether oxygens (including phenoxy) is 1. The highest BCUT2D eigenvalue weighted by atomic mass is 79.9. The van der Waals surface area contributed by atoms with Crippen molar-refractivity contribution in [3.05, 3.63) is 35.4 Å². The van der Waals surface area contributed by atoms with Crippen LogP contribution in [0.15, 0.2) is 29.8 Å². The SMILES string of the molecule is COc1ccc(C(Br)=C2CCCCCC2)cc1. The van der Waals surface area contributed by atoms with Crippen LogP contribution in [0.2, 0.25) is 0 Å². The zero-order chi connectivity index (χ0) is 12.1. The van der Waals surface area contributed by atoms with Gasteiger partial charge < -0.3 is 4.74 Å². The van der Waals surface area contributed by atoms with Crippen LogP contribution in [0.3, 0.4) is 0 Å². The van der Waals surface area contributed by atoms with E-state index in [0.717, 1.165) is 5.75 Å². The van der Waals surface area contributed by atoms with E-state index in [4.69, 9.17) is 4.74 Å². The summed E-state index contributed by atoms with van der Waals surface area (Å²) >= 11 is 3.77. The van der Waals surface area contributed by atoms with Crippen LogP contribution in [0, 0.1) is 0 Å². The number of allylic oxidation sites excluding steroid dienone is 1. The average Bonchev–Trinajstić information content (AvgIpc) is 2.67. The molecule has 17 heavy (non-hydrogen) atoms. The molecule has 0 unspecified atom stereocenters. The van der Waals surface area contributed by atoms with Crippen molar-refractivity contribution in [1.29, 1.82) is 0 Å². The van der Waals surface area contributed by atoms with Crippen LogP contribution in [-0.2, 0) is 0 Å². The fourth-order valence-corrected chi connectivity index (χ4v) is 2.98. The lowest BCUT2D eigenvalue weighted by atomic mass is 10.0. The second-order valence-corrected chi connectivity index (χ2v) is 5.35. The van der Waals surface area contributed by atoms with Crippen molar-refractivity contribution in [2.45, 2.75) is 38.5 Å². The Hall–Kier alpha value is -0.760. The van der Waals surface area contributed by atoms with E-state index < -0.39 is 0 Å². The Labute approximate surface area is 112 Å². The molecule has 2 heteroatoms. The van der Waals surface area contributed by atoms with E-state index in [1.807, 2.05) is 12.1 Å². The third-order valence-corrected chi connectivity index (χ3v) is 4.38. The molecule has 0 amide bonds. The molecule has 1 aliphatic rings. The molecule has 0 aromatic heterocycles. The van der Waals surface area contributed by atoms with E-state index in [1.165, 1.54) is 48.6 Å². The zero-order valence-corrected chi connectivity index (χ0v) is 11.9. The van der Waals surface area contributed by atoms with E-state index in [1.54, 1.807) is 12.7 Å². The van der Waals surface area contributed by atoms with Crippen LogP contribution >= 0.6 is 15.9 Å². The van der Waals surface area contributed by atoms with Crippen molar-refractivity contribution < 1.29 is 4.74 Å². The topological polar surface area (TPSA) is 9.23 Å². The van der Waals surface area contributed by atoms with E-state index in [2.05, 4.69) is 28.1 Å². The average molecular weight is 295 g/mol. The van der Waals surface area contributed by atoms with Gasteiger partial charge in [0.15, 0.2) is 0 Å². The fourth-order valence-electron chi connectivity index (χ4n) is 2.32. The van der Waals surface area contributed by atoms with E-state index in [9.17, 15) is 0 Å². The Morgan fingerprint density at radius 3 is 2.12 bits per heavy atom. The van der Waals surface area contributed by atoms with Crippen LogP contribution in [0.1, 0.15) is 44.1 Å². The molecule has 1 nitrogen and oxygen atoms in total. The monoisotopic (exact) mass is 294 g/mol. The lowest BCUT2D eigenvalue weighted by Gasteiger charge is -2.09. The number of halogens is 1. The molecule has 0 spiro atoms. The van der Waals surface area contributed by atoms with Crippen LogP contribution < -0.4 is 4.74 Å². The smallest absolute Gasteiger partial charge is 0.118 e. The minimum atomic E-state index is 0.917. The van der Waals surface area contributed by atoms with Crippen molar-refractivity contribution in [2.24, 2.45) is 0 Å². The number of benzene rings is 1. The molecule has 1 aromatic rings. The first-order valence-corrected chi connectivity index (χ1v) is 7.12. The molecule has 2 rings (SSSR count). The third-order valence-electron chi connectivity index (χ3n) is 3.36. The molecule has 0 N–H and O–H groups in total. The Balaban J connectivity index is 2.21. The summed E-state index contributed by atoms with van der Waals surface area (Å²) in [6.07, 6.45) is 7.92. The summed E-state index contributed by atoms with van der Waals surface area (Å²) in [5, 5.41) is 0. The highest BCUT2D eigenvalue weighted by Crippen LogP contribution is 2.33. The highest BCUT2D eigenvalue weighted by Gasteiger charge is 2.10. The molecule has 1 aliphatic carbocycles. The summed E-state index contributed by atoms with van der Waals surface area (Å²) in [6.45, 7) is 0. The predicted molar refractivity (Wildman–Crippen MR) is 76.5 cm³/mol. The maximum atomic E-state index is 5.18. The van der Waals surface area contributed by atoms with E-state index in [0.29, 0.717) is 0 Å². The zero-order valence-electron chi connectivity index (χ0n) is 10.3. The van der Waals surface area contributed by atoms with Gasteiger partial charge in [-0.15, -0.1) is 0 Å². The quantitative estimate of drug-likeness (QED) is 0.685. The largest absolute Gasteiger partial charge is 0.497 e. The molecular weight excluding hydrogens is 276 g/mol. The molecule has 1 fully saturated rings. The van der Waals surface area contributed by atoms with Gasteiger partial charge >= 0.3 is 0 Å². The molecule has 0 saturated heterocycles. The van der Waals surface area contributed by atoms with Gasteiger partial charge in [0, 0.05) is 4.48 Å². The molecule has 1 aromatic carbocycles. The molecule has 92 valence electrons. The summed E-state index contributed by atoms with van der Waals surface area (Å²) in [7, 11) is 1.70. The van der Waals surface area contributed by atoms with Crippen LogP contribution in [0.25, 0.3) is 4.48 Å². The van der Waals surface area contributed by atoms with Gasteiger partial charge in [-0.2, -0.15) is 0 Å². The molecule has 0 aliphatic heterocycles. The Morgan fingerprint density at radius 2 is 1.59 bits per heavy atom. The van der Waals surface area contributed by atoms with Crippen molar-refractivity contribution >= 4 is 20.4 Å². The van der Waals surface area contributed by atoms with Crippen molar-refractivity contribution in [3.63, 3.8) is 0 Å². The number of methoxy groups -OCH3 is 1. The first-order chi connectivity index (χ1) is 8.31. The van der Waals surface area contributed by atoms with Gasteiger partial charge in [-0.1, -0.05) is 46.5 Å². The third kappa shape index (κ3) is 3.35. The van der Waals surface area contributed by atoms with Gasteiger partial charge in [0.2, 0.25) is 0 Å². The Morgan fingerprint density at radius 1 is 1.00 bits per heavy atom. The molecule has 0 bridgehead atoms. The van der Waals surface area contributed by atoms with Gasteiger partial charge in [0.25, 0.3) is 0 Å². The summed E-state index contributed by atoms with van der Waals surface area (Å²) < 4.78 is 6.48. The molecule has 0 atom stereocenters. The van der Waals surface area contributed by atoms with Gasteiger partial charge in [0.05, 0.1) is 7.11 Å². The fraction of sp³-hybridized carbons (Fsp3) is 0.467. The van der Waals surface area contributed by atoms with Crippen molar-refractivity contribution in [2.75, 3.05) is 7.11 Å². The maximum absolute atomic E-state index is 5.18. The lowest BCUT2D eigenvalue weighted by Crippen LogP contribution is -1.87. The number of hydrogen-bond donors (Lipinski definition) is 0. The van der Waals surface area contributed by atoms with Gasteiger partial charge in [-0.05, 0) is 43.4 Å². The molecule has 0 radical (unpaired) electrons. The lowest BCUT2D eigenvalue weighted by molar-refractivity contribution is 0.415. The van der Waals surface area contributed by atoms with E-state index >= 15 is 0 Å². The second kappa shape index (κ2) is 6.25. The highest BCUT2D eigenvalue weighted by molar-refractivity contribution is 9.15. The standard InChI is InChI=1S/C15H19BrO/c1-17-14-10-8-13(9-11-14)15(16)12-6-4-2-3-5-7-12/h8-11H,2-7H2,1H3. The maximum Gasteiger partial charge on any atom is 0.118 e. The second-order valence-electron chi connectivity index (χ2n) is 4.56. The first-order valence-electron chi connectivity index (χ1n) is 6.33. The van der Waals surface area contributed by atoms with Crippen LogP contribution in [0.4, 0.5) is 0 Å². The predicted octanol–water partition coefficient (Wildman–Crippen LogP) is 5.16. The summed E-state index contributed by atoms with van der Waals surface area (Å²) in [6, 6.07) is 8.29. The number of hydrogen-bond acceptors (Lipinski definition) is 1. The minimum Gasteiger partial charge on any atom is -0.497 e. The normalized spacial score (nSPS) is 16.5. The molecule has 1 saturated carbocycles. The summed E-state index contributed by atoms with van der Waals surface area (Å²) in [5.74, 6) is 0.917. The van der Waals surface area contributed by atoms with Crippen molar-refractivity contribution in [1.82, 2.24) is 0 Å². The minimum absolute atomic E-state index is 0.917. The van der Waals surface area contributed by atoms with Gasteiger partial charge in [0.1, 0.15) is 5.75 Å². The van der Waals surface area contributed by atoms with Gasteiger partial charge in [-0.3, -0.25) is 0 Å². The van der Waals surface area contributed by atoms with Crippen LogP contribution in [-0.4, -0.2) is 7.11 Å². The number of rotatable bonds is 2. The summed E-state index contributed by atoms with van der Waals surface area (Å²) in [4.78, 5) is 0. The molecule has 0 heterocycles. The van der Waals surface area contributed by atoms with Crippen molar-refractivity contribution in [3.8, 4) is 5.75 Å². The first kappa shape index (κ1) is 12.7. The molecular formula is C15H19BrO. The van der Waals surface area contributed by atoms with Gasteiger partial charge in [-0.25, -0.2) is 0 Å². The summed E-state index contributed by atoms with van der Waals surface area (Å²) in [5.41, 5.74) is 2.84. The van der Waals surface area contributed by atoms with E-state index in [-0.39, 0.29) is 0 Å². The van der Waals surface area contributed by atoms with Crippen LogP contribution in [0.5, 0.6) is 5.75 Å². The Bertz CT molecular complexity index is 382. The Kier molecular flexibility index (Phi) is 4.66.